The van der Waals surface area contributed by atoms with Crippen molar-refractivity contribution in [3.63, 3.8) is 0 Å². The van der Waals surface area contributed by atoms with E-state index in [1.54, 1.807) is 0 Å². The van der Waals surface area contributed by atoms with Crippen molar-refractivity contribution in [2.75, 3.05) is 19.8 Å². The SMILES string of the molecule is CC/C=C\C/C=C\C/C=C\C/C=C\C/C=C\C/C=C\CCCCCCCOCC(CO)OC(=O)CCCCCCCCCCCCCCCCCCCCCCC. The highest BCUT2D eigenvalue weighted by Gasteiger charge is 2.13. The van der Waals surface area contributed by atoms with Gasteiger partial charge in [0, 0.05) is 13.0 Å². The summed E-state index contributed by atoms with van der Waals surface area (Å²) >= 11 is 0. The van der Waals surface area contributed by atoms with Crippen molar-refractivity contribution >= 4 is 5.97 Å². The minimum atomic E-state index is -0.547. The average molecular weight is 795 g/mol. The standard InChI is InChI=1S/C53H94O4/c1-3-5-7-9-11-13-15-17-19-21-23-25-26-27-29-31-33-35-37-39-41-43-45-47-49-56-51-52(50-54)57-53(55)48-46-44-42-40-38-36-34-32-30-28-24-22-20-18-16-14-12-10-8-6-4-2/h5,7,11,13,17,19,23,25,27,29,33,35,52,54H,3-4,6,8-10,12,14-16,18,20-22,24,26,28,30-32,34,36-51H2,1-2H3/b7-5-,13-11-,19-17-,25-23-,29-27-,35-33-. The number of unbranched alkanes of at least 4 members (excludes halogenated alkanes) is 25. The maximum atomic E-state index is 12.3. The normalized spacial score (nSPS) is 13.0. The maximum Gasteiger partial charge on any atom is 0.306 e. The monoisotopic (exact) mass is 795 g/mol. The van der Waals surface area contributed by atoms with Gasteiger partial charge in [-0.25, -0.2) is 0 Å². The highest BCUT2D eigenvalue weighted by Crippen LogP contribution is 2.16. The van der Waals surface area contributed by atoms with E-state index in [0.29, 0.717) is 13.0 Å². The molecule has 4 nitrogen and oxygen atoms in total. The molecular weight excluding hydrogens is 701 g/mol. The Labute approximate surface area is 355 Å². The van der Waals surface area contributed by atoms with Crippen LogP contribution in [0, 0.1) is 0 Å². The number of aliphatic hydroxyl groups is 1. The minimum Gasteiger partial charge on any atom is -0.457 e. The lowest BCUT2D eigenvalue weighted by atomic mass is 10.0. The molecule has 0 aliphatic heterocycles. The number of hydrogen-bond acceptors (Lipinski definition) is 4. The van der Waals surface area contributed by atoms with Crippen LogP contribution in [-0.2, 0) is 14.3 Å². The number of hydrogen-bond donors (Lipinski definition) is 1. The summed E-state index contributed by atoms with van der Waals surface area (Å²) in [7, 11) is 0. The fourth-order valence-electron chi connectivity index (χ4n) is 6.92. The third-order valence-electron chi connectivity index (χ3n) is 10.5. The molecule has 0 spiro atoms. The molecule has 0 saturated heterocycles. The average Bonchev–Trinajstić information content (AvgIpc) is 3.22. The van der Waals surface area contributed by atoms with Gasteiger partial charge in [0.2, 0.25) is 0 Å². The van der Waals surface area contributed by atoms with Crippen LogP contribution in [0.2, 0.25) is 0 Å². The molecular formula is C53H94O4. The molecule has 0 aromatic rings. The molecule has 0 bridgehead atoms. The third kappa shape index (κ3) is 48.1. The Morgan fingerprint density at radius 1 is 0.439 bits per heavy atom. The van der Waals surface area contributed by atoms with Crippen molar-refractivity contribution in [3.8, 4) is 0 Å². The molecule has 0 aliphatic carbocycles. The van der Waals surface area contributed by atoms with E-state index >= 15 is 0 Å². The molecule has 1 atom stereocenters. The fraction of sp³-hybridized carbons (Fsp3) is 0.755. The second kappa shape index (κ2) is 50.0. The van der Waals surface area contributed by atoms with Crippen LogP contribution in [0.1, 0.15) is 232 Å². The Morgan fingerprint density at radius 3 is 1.19 bits per heavy atom. The maximum absolute atomic E-state index is 12.3. The van der Waals surface area contributed by atoms with Crippen LogP contribution < -0.4 is 0 Å². The Balaban J connectivity index is 3.47. The Bertz CT molecular complexity index is 973. The highest BCUT2D eigenvalue weighted by molar-refractivity contribution is 5.69. The quantitative estimate of drug-likeness (QED) is 0.0379. The first kappa shape index (κ1) is 54.8. The molecule has 0 aromatic carbocycles. The molecule has 0 heterocycles. The number of allylic oxidation sites excluding steroid dienone is 12. The summed E-state index contributed by atoms with van der Waals surface area (Å²) < 4.78 is 11.2. The van der Waals surface area contributed by atoms with Gasteiger partial charge in [-0.05, 0) is 64.2 Å². The smallest absolute Gasteiger partial charge is 0.306 e. The lowest BCUT2D eigenvalue weighted by Gasteiger charge is -2.15. The van der Waals surface area contributed by atoms with E-state index in [1.165, 1.54) is 141 Å². The molecule has 57 heavy (non-hydrogen) atoms. The number of carbonyl (C=O) groups excluding carboxylic acids is 1. The first-order valence-corrected chi connectivity index (χ1v) is 24.5. The van der Waals surface area contributed by atoms with Crippen LogP contribution in [0.5, 0.6) is 0 Å². The van der Waals surface area contributed by atoms with E-state index in [0.717, 1.165) is 70.6 Å². The van der Waals surface area contributed by atoms with Crippen molar-refractivity contribution in [1.82, 2.24) is 0 Å². The molecule has 0 fully saturated rings. The molecule has 4 heteroatoms. The first-order valence-electron chi connectivity index (χ1n) is 24.5. The van der Waals surface area contributed by atoms with Gasteiger partial charge >= 0.3 is 5.97 Å². The summed E-state index contributed by atoms with van der Waals surface area (Å²) in [6, 6.07) is 0. The van der Waals surface area contributed by atoms with Gasteiger partial charge in [0.25, 0.3) is 0 Å². The van der Waals surface area contributed by atoms with Crippen molar-refractivity contribution in [2.24, 2.45) is 0 Å². The van der Waals surface area contributed by atoms with Crippen molar-refractivity contribution in [3.05, 3.63) is 72.9 Å². The Hall–Kier alpha value is -2.17. The molecule has 0 aromatic heterocycles. The first-order chi connectivity index (χ1) is 28.2. The molecule has 0 aliphatic rings. The summed E-state index contributed by atoms with van der Waals surface area (Å²) in [6.45, 7) is 5.21. The second-order valence-electron chi connectivity index (χ2n) is 16.2. The topological polar surface area (TPSA) is 55.8 Å². The predicted molar refractivity (Wildman–Crippen MR) is 251 cm³/mol. The van der Waals surface area contributed by atoms with E-state index in [1.807, 2.05) is 0 Å². The van der Waals surface area contributed by atoms with Crippen molar-refractivity contribution in [1.29, 1.82) is 0 Å². The largest absolute Gasteiger partial charge is 0.457 e. The minimum absolute atomic E-state index is 0.181. The van der Waals surface area contributed by atoms with Gasteiger partial charge in [0.1, 0.15) is 6.10 Å². The van der Waals surface area contributed by atoms with E-state index in [9.17, 15) is 9.90 Å². The van der Waals surface area contributed by atoms with Gasteiger partial charge in [-0.3, -0.25) is 4.79 Å². The second-order valence-corrected chi connectivity index (χ2v) is 16.2. The van der Waals surface area contributed by atoms with Gasteiger partial charge in [-0.15, -0.1) is 0 Å². The molecule has 0 radical (unpaired) electrons. The number of aliphatic hydroxyl groups excluding tert-OH is 1. The van der Waals surface area contributed by atoms with Crippen LogP contribution in [0.25, 0.3) is 0 Å². The Kier molecular flexibility index (Phi) is 48.1. The van der Waals surface area contributed by atoms with Crippen molar-refractivity contribution in [2.45, 2.75) is 238 Å². The molecule has 330 valence electrons. The number of ether oxygens (including phenoxy) is 2. The lowest BCUT2D eigenvalue weighted by Crippen LogP contribution is -2.27. The molecule has 0 saturated carbocycles. The summed E-state index contributed by atoms with van der Waals surface area (Å²) in [4.78, 5) is 12.3. The van der Waals surface area contributed by atoms with Crippen LogP contribution in [0.15, 0.2) is 72.9 Å². The molecule has 0 amide bonds. The fourth-order valence-corrected chi connectivity index (χ4v) is 6.92. The molecule has 0 rings (SSSR count). The number of rotatable bonds is 45. The van der Waals surface area contributed by atoms with Gasteiger partial charge in [0.05, 0.1) is 13.2 Å². The summed E-state index contributed by atoms with van der Waals surface area (Å²) in [6.07, 6.45) is 68.4. The van der Waals surface area contributed by atoms with Crippen molar-refractivity contribution < 1.29 is 19.4 Å². The van der Waals surface area contributed by atoms with Gasteiger partial charge < -0.3 is 14.6 Å². The van der Waals surface area contributed by atoms with E-state index in [2.05, 4.69) is 86.8 Å². The zero-order chi connectivity index (χ0) is 41.2. The van der Waals surface area contributed by atoms with E-state index in [-0.39, 0.29) is 19.2 Å². The summed E-state index contributed by atoms with van der Waals surface area (Å²) in [5, 5.41) is 9.64. The van der Waals surface area contributed by atoms with E-state index in [4.69, 9.17) is 9.47 Å². The zero-order valence-corrected chi connectivity index (χ0v) is 37.8. The highest BCUT2D eigenvalue weighted by atomic mass is 16.6. The zero-order valence-electron chi connectivity index (χ0n) is 37.8. The Morgan fingerprint density at radius 2 is 0.789 bits per heavy atom. The summed E-state index contributed by atoms with van der Waals surface area (Å²) in [5.41, 5.74) is 0. The van der Waals surface area contributed by atoms with Gasteiger partial charge in [0.15, 0.2) is 0 Å². The number of esters is 1. The van der Waals surface area contributed by atoms with Gasteiger partial charge in [-0.1, -0.05) is 234 Å². The molecule has 1 unspecified atom stereocenters. The third-order valence-corrected chi connectivity index (χ3v) is 10.5. The van der Waals surface area contributed by atoms with Crippen LogP contribution in [0.3, 0.4) is 0 Å². The molecule has 1 N–H and O–H groups in total. The number of carbonyl (C=O) groups is 1. The summed E-state index contributed by atoms with van der Waals surface area (Å²) in [5.74, 6) is -0.206. The van der Waals surface area contributed by atoms with Gasteiger partial charge in [-0.2, -0.15) is 0 Å². The van der Waals surface area contributed by atoms with E-state index < -0.39 is 6.10 Å². The van der Waals surface area contributed by atoms with Crippen LogP contribution in [-0.4, -0.2) is 37.0 Å². The lowest BCUT2D eigenvalue weighted by molar-refractivity contribution is -0.154. The van der Waals surface area contributed by atoms with Crippen LogP contribution >= 0.6 is 0 Å². The predicted octanol–water partition coefficient (Wildman–Crippen LogP) is 16.5. The van der Waals surface area contributed by atoms with Crippen LogP contribution in [0.4, 0.5) is 0 Å².